The van der Waals surface area contributed by atoms with Gasteiger partial charge in [-0.25, -0.2) is 0 Å². The maximum absolute atomic E-state index is 8.32. The van der Waals surface area contributed by atoms with E-state index in [0.717, 1.165) is 11.1 Å². The molecule has 0 saturated heterocycles. The number of rotatable bonds is 4. The fraction of sp³-hybridized carbons (Fsp3) is 0.133. The second kappa shape index (κ2) is 7.28. The molecule has 0 atom stereocenters. The molecule has 0 aliphatic heterocycles. The van der Waals surface area contributed by atoms with E-state index in [4.69, 9.17) is 27.2 Å². The molecular weight excluding hydrogens is 286 g/mol. The molecule has 5 nitrogen and oxygen atoms in total. The molecule has 0 unspecified atom stereocenters. The van der Waals surface area contributed by atoms with Gasteiger partial charge in [-0.3, -0.25) is 0 Å². The Hall–Kier alpha value is -2.56. The van der Waals surface area contributed by atoms with Crippen molar-refractivity contribution in [2.75, 3.05) is 0 Å². The minimum Gasteiger partial charge on any atom is -0.452 e. The second-order valence-corrected chi connectivity index (χ2v) is 4.64. The Morgan fingerprint density at radius 1 is 1.14 bits per heavy atom. The smallest absolute Gasteiger partial charge is 0.358 e. The molecular formula is C15H13N3O2S. The average molecular weight is 299 g/mol. The third-order valence-electron chi connectivity index (χ3n) is 2.68. The van der Waals surface area contributed by atoms with E-state index < -0.39 is 0 Å². The first-order valence-corrected chi connectivity index (χ1v) is 6.63. The Kier molecular flexibility index (Phi) is 5.15. The number of azide groups is 1. The first-order valence-electron chi connectivity index (χ1n) is 6.23. The van der Waals surface area contributed by atoms with Crippen molar-refractivity contribution < 1.29 is 9.47 Å². The van der Waals surface area contributed by atoms with Crippen LogP contribution in [0.25, 0.3) is 10.4 Å². The zero-order valence-corrected chi connectivity index (χ0v) is 12.2. The number of ether oxygens (including phenoxy) is 2. The van der Waals surface area contributed by atoms with Crippen LogP contribution >= 0.6 is 12.2 Å². The van der Waals surface area contributed by atoms with Gasteiger partial charge in [0.25, 0.3) is 0 Å². The van der Waals surface area contributed by atoms with Crippen LogP contribution < -0.4 is 4.74 Å². The number of aryl methyl sites for hydroxylation is 1. The van der Waals surface area contributed by atoms with E-state index in [9.17, 15) is 0 Å². The van der Waals surface area contributed by atoms with Gasteiger partial charge in [0, 0.05) is 22.8 Å². The van der Waals surface area contributed by atoms with Crippen LogP contribution in [-0.2, 0) is 11.3 Å². The van der Waals surface area contributed by atoms with Crippen LogP contribution in [0.2, 0.25) is 0 Å². The molecule has 0 aromatic heterocycles. The molecule has 6 heteroatoms. The largest absolute Gasteiger partial charge is 0.452 e. The Labute approximate surface area is 127 Å². The first-order chi connectivity index (χ1) is 10.2. The molecule has 2 aromatic rings. The minimum atomic E-state index is 0.0676. The van der Waals surface area contributed by atoms with Gasteiger partial charge in [0.2, 0.25) is 0 Å². The zero-order valence-electron chi connectivity index (χ0n) is 11.4. The molecule has 0 spiro atoms. The van der Waals surface area contributed by atoms with Crippen LogP contribution in [0.4, 0.5) is 5.69 Å². The molecule has 0 radical (unpaired) electrons. The summed E-state index contributed by atoms with van der Waals surface area (Å²) in [4.78, 5) is 2.72. The maximum Gasteiger partial charge on any atom is 0.358 e. The predicted octanol–water partition coefficient (Wildman–Crippen LogP) is 4.82. The predicted molar refractivity (Wildman–Crippen MR) is 84.4 cm³/mol. The summed E-state index contributed by atoms with van der Waals surface area (Å²) in [6, 6.07) is 14.6. The molecule has 0 fully saturated rings. The average Bonchev–Trinajstić information content (AvgIpc) is 2.49. The fourth-order valence-corrected chi connectivity index (χ4v) is 1.74. The van der Waals surface area contributed by atoms with E-state index in [-0.39, 0.29) is 5.24 Å². The lowest BCUT2D eigenvalue weighted by Gasteiger charge is -2.09. The lowest BCUT2D eigenvalue weighted by atomic mass is 10.2. The first kappa shape index (κ1) is 14.8. The molecule has 0 heterocycles. The molecule has 0 N–H and O–H groups in total. The van der Waals surface area contributed by atoms with Crippen LogP contribution in [0.15, 0.2) is 53.6 Å². The molecule has 21 heavy (non-hydrogen) atoms. The van der Waals surface area contributed by atoms with Crippen molar-refractivity contribution in [1.29, 1.82) is 0 Å². The van der Waals surface area contributed by atoms with Crippen molar-refractivity contribution in [2.45, 2.75) is 13.5 Å². The summed E-state index contributed by atoms with van der Waals surface area (Å²) in [6.45, 7) is 2.29. The topological polar surface area (TPSA) is 67.2 Å². The Morgan fingerprint density at radius 3 is 2.43 bits per heavy atom. The Bertz CT molecular complexity index is 662. The van der Waals surface area contributed by atoms with Crippen molar-refractivity contribution in [3.05, 3.63) is 70.1 Å². The molecule has 0 aliphatic carbocycles. The Balaban J connectivity index is 1.86. The van der Waals surface area contributed by atoms with Crippen LogP contribution in [0.5, 0.6) is 5.75 Å². The molecule has 0 amide bonds. The van der Waals surface area contributed by atoms with E-state index in [1.807, 2.05) is 31.2 Å². The quantitative estimate of drug-likeness (QED) is 0.352. The van der Waals surface area contributed by atoms with Gasteiger partial charge >= 0.3 is 5.24 Å². The van der Waals surface area contributed by atoms with Gasteiger partial charge in [0.1, 0.15) is 12.4 Å². The SMILES string of the molecule is Cc1ccc(OC(=S)OCc2ccc(N=[N+]=[N-])cc2)cc1. The van der Waals surface area contributed by atoms with Crippen LogP contribution in [-0.4, -0.2) is 5.24 Å². The molecule has 2 rings (SSSR count). The van der Waals surface area contributed by atoms with Crippen LogP contribution in [0, 0.1) is 6.92 Å². The maximum atomic E-state index is 8.32. The normalized spacial score (nSPS) is 9.57. The highest BCUT2D eigenvalue weighted by atomic mass is 32.1. The summed E-state index contributed by atoms with van der Waals surface area (Å²) in [5.41, 5.74) is 10.9. The zero-order chi connectivity index (χ0) is 15.1. The number of nitrogens with zero attached hydrogens (tertiary/aromatic N) is 3. The molecule has 0 saturated carbocycles. The van der Waals surface area contributed by atoms with Gasteiger partial charge in [-0.2, -0.15) is 0 Å². The number of benzene rings is 2. The van der Waals surface area contributed by atoms with Crippen molar-refractivity contribution in [2.24, 2.45) is 5.11 Å². The van der Waals surface area contributed by atoms with Gasteiger partial charge in [-0.15, -0.1) is 0 Å². The third kappa shape index (κ3) is 4.80. The number of hydrogen-bond acceptors (Lipinski definition) is 4. The summed E-state index contributed by atoms with van der Waals surface area (Å²) < 4.78 is 10.8. The summed E-state index contributed by atoms with van der Waals surface area (Å²) in [6.07, 6.45) is 0. The highest BCUT2D eigenvalue weighted by Crippen LogP contribution is 2.15. The van der Waals surface area contributed by atoms with E-state index in [1.54, 1.807) is 24.3 Å². The van der Waals surface area contributed by atoms with Crippen molar-refractivity contribution in [1.82, 2.24) is 0 Å². The summed E-state index contributed by atoms with van der Waals surface area (Å²) in [7, 11) is 0. The van der Waals surface area contributed by atoms with Crippen molar-refractivity contribution in [3.8, 4) is 5.75 Å². The monoisotopic (exact) mass is 299 g/mol. The van der Waals surface area contributed by atoms with E-state index >= 15 is 0 Å². The third-order valence-corrected chi connectivity index (χ3v) is 2.88. The fourth-order valence-electron chi connectivity index (χ4n) is 1.58. The van der Waals surface area contributed by atoms with Crippen LogP contribution in [0.1, 0.15) is 11.1 Å². The molecule has 0 aliphatic rings. The second-order valence-electron chi connectivity index (χ2n) is 4.31. The lowest BCUT2D eigenvalue weighted by Crippen LogP contribution is -2.10. The highest BCUT2D eigenvalue weighted by molar-refractivity contribution is 7.79. The summed E-state index contributed by atoms with van der Waals surface area (Å²) in [5, 5.41) is 3.56. The molecule has 0 bridgehead atoms. The summed E-state index contributed by atoms with van der Waals surface area (Å²) in [5.74, 6) is 0.643. The number of thiocarbonyl (C=S) groups is 1. The van der Waals surface area contributed by atoms with Crippen LogP contribution in [0.3, 0.4) is 0 Å². The summed E-state index contributed by atoms with van der Waals surface area (Å²) >= 11 is 5.02. The van der Waals surface area contributed by atoms with Gasteiger partial charge in [0.05, 0.1) is 0 Å². The minimum absolute atomic E-state index is 0.0676. The highest BCUT2D eigenvalue weighted by Gasteiger charge is 2.02. The Morgan fingerprint density at radius 2 is 1.81 bits per heavy atom. The van der Waals surface area contributed by atoms with E-state index in [0.29, 0.717) is 18.0 Å². The molecule has 2 aromatic carbocycles. The number of hydrogen-bond donors (Lipinski definition) is 0. The lowest BCUT2D eigenvalue weighted by molar-refractivity contribution is 0.237. The van der Waals surface area contributed by atoms with Gasteiger partial charge in [0.15, 0.2) is 0 Å². The van der Waals surface area contributed by atoms with E-state index in [1.165, 1.54) is 0 Å². The van der Waals surface area contributed by atoms with Crippen molar-refractivity contribution in [3.63, 3.8) is 0 Å². The van der Waals surface area contributed by atoms with Gasteiger partial charge in [-0.1, -0.05) is 47.1 Å². The molecule has 106 valence electrons. The van der Waals surface area contributed by atoms with Gasteiger partial charge in [-0.05, 0) is 30.2 Å². The standard InChI is InChI=1S/C15H13N3O2S/c1-11-2-8-14(9-3-11)20-15(21)19-10-12-4-6-13(7-5-12)17-18-16/h2-9H,10H2,1H3. The van der Waals surface area contributed by atoms with Crippen molar-refractivity contribution >= 4 is 23.1 Å². The van der Waals surface area contributed by atoms with Gasteiger partial charge < -0.3 is 9.47 Å². The van der Waals surface area contributed by atoms with E-state index in [2.05, 4.69) is 10.0 Å².